The Kier molecular flexibility index (Phi) is 4.21. The Labute approximate surface area is 151 Å². The number of benzene rings is 1. The number of aromatic nitrogens is 3. The number of fused-ring (bicyclic) bond motifs is 1. The Balaban J connectivity index is 1.55. The topological polar surface area (TPSA) is 77.3 Å². The van der Waals surface area contributed by atoms with E-state index >= 15 is 0 Å². The van der Waals surface area contributed by atoms with Gasteiger partial charge in [-0.2, -0.15) is 9.40 Å². The van der Waals surface area contributed by atoms with Crippen molar-refractivity contribution < 1.29 is 13.2 Å². The Bertz CT molecular complexity index is 877. The molecule has 2 aliphatic rings. The first-order valence-electron chi connectivity index (χ1n) is 8.28. The Morgan fingerprint density at radius 3 is 2.72 bits per heavy atom. The first-order chi connectivity index (χ1) is 11.9. The van der Waals surface area contributed by atoms with E-state index in [0.717, 1.165) is 5.56 Å². The van der Waals surface area contributed by atoms with Crippen LogP contribution in [-0.2, 0) is 16.4 Å². The van der Waals surface area contributed by atoms with E-state index in [2.05, 4.69) is 10.1 Å². The van der Waals surface area contributed by atoms with Gasteiger partial charge >= 0.3 is 0 Å². The van der Waals surface area contributed by atoms with Crippen LogP contribution in [0.25, 0.3) is 0 Å². The van der Waals surface area contributed by atoms with Crippen molar-refractivity contribution >= 4 is 21.6 Å². The van der Waals surface area contributed by atoms with E-state index in [1.165, 1.54) is 16.7 Å². The van der Waals surface area contributed by atoms with Crippen LogP contribution >= 0.6 is 11.6 Å². The van der Waals surface area contributed by atoms with Gasteiger partial charge in [0.1, 0.15) is 24.5 Å². The number of rotatable bonds is 3. The standard InChI is InChI=1S/C16H19ClN4O3S/c1-11-6-12-7-14(8-15(17)16(12)24-11)25(22,23)20-4-2-13(3-5-20)21-10-18-9-19-21/h7-11,13H,2-6H2,1H3. The summed E-state index contributed by atoms with van der Waals surface area (Å²) in [4.78, 5) is 4.20. The number of nitrogens with zero attached hydrogens (tertiary/aromatic N) is 4. The summed E-state index contributed by atoms with van der Waals surface area (Å²) >= 11 is 6.25. The summed E-state index contributed by atoms with van der Waals surface area (Å²) in [5, 5.41) is 4.51. The third-order valence-electron chi connectivity index (χ3n) is 4.79. The molecule has 1 fully saturated rings. The van der Waals surface area contributed by atoms with Gasteiger partial charge in [-0.3, -0.25) is 0 Å². The van der Waals surface area contributed by atoms with E-state index in [1.54, 1.807) is 17.1 Å². The third kappa shape index (κ3) is 3.02. The Morgan fingerprint density at radius 2 is 2.04 bits per heavy atom. The normalized spacial score (nSPS) is 21.9. The van der Waals surface area contributed by atoms with E-state index < -0.39 is 10.0 Å². The van der Waals surface area contributed by atoms with Gasteiger partial charge in [-0.1, -0.05) is 11.6 Å². The highest BCUT2D eigenvalue weighted by Crippen LogP contribution is 2.39. The molecule has 7 nitrogen and oxygen atoms in total. The lowest BCUT2D eigenvalue weighted by Crippen LogP contribution is -2.39. The lowest BCUT2D eigenvalue weighted by molar-refractivity contribution is 0.255. The summed E-state index contributed by atoms with van der Waals surface area (Å²) in [5.41, 5.74) is 0.857. The van der Waals surface area contributed by atoms with Crippen LogP contribution in [0.2, 0.25) is 5.02 Å². The molecular weight excluding hydrogens is 364 g/mol. The van der Waals surface area contributed by atoms with Crippen molar-refractivity contribution in [3.63, 3.8) is 0 Å². The van der Waals surface area contributed by atoms with Gasteiger partial charge in [-0.25, -0.2) is 18.1 Å². The molecule has 1 aromatic carbocycles. The minimum Gasteiger partial charge on any atom is -0.489 e. The minimum atomic E-state index is -3.57. The number of piperidine rings is 1. The molecular formula is C16H19ClN4O3S. The predicted molar refractivity (Wildman–Crippen MR) is 92.3 cm³/mol. The fraction of sp³-hybridized carbons (Fsp3) is 0.500. The van der Waals surface area contributed by atoms with Crippen molar-refractivity contribution in [2.45, 2.75) is 43.2 Å². The molecule has 3 heterocycles. The highest BCUT2D eigenvalue weighted by Gasteiger charge is 2.32. The largest absolute Gasteiger partial charge is 0.489 e. The summed E-state index contributed by atoms with van der Waals surface area (Å²) in [6.45, 7) is 2.85. The van der Waals surface area contributed by atoms with Crippen LogP contribution < -0.4 is 4.74 Å². The van der Waals surface area contributed by atoms with Crippen molar-refractivity contribution in [3.05, 3.63) is 35.4 Å². The van der Waals surface area contributed by atoms with Crippen LogP contribution in [0.1, 0.15) is 31.4 Å². The molecule has 2 aromatic rings. The van der Waals surface area contributed by atoms with Crippen LogP contribution in [-0.4, -0.2) is 46.7 Å². The molecule has 4 rings (SSSR count). The second-order valence-electron chi connectivity index (χ2n) is 6.54. The van der Waals surface area contributed by atoms with Crippen molar-refractivity contribution in [1.29, 1.82) is 0 Å². The number of ether oxygens (including phenoxy) is 1. The van der Waals surface area contributed by atoms with Crippen LogP contribution in [0.15, 0.2) is 29.7 Å². The molecule has 0 spiro atoms. The number of hydrogen-bond donors (Lipinski definition) is 0. The highest BCUT2D eigenvalue weighted by molar-refractivity contribution is 7.89. The van der Waals surface area contributed by atoms with Gasteiger partial charge in [0, 0.05) is 25.1 Å². The fourth-order valence-electron chi connectivity index (χ4n) is 3.51. The van der Waals surface area contributed by atoms with Gasteiger partial charge in [-0.15, -0.1) is 0 Å². The van der Waals surface area contributed by atoms with E-state index in [1.807, 2.05) is 6.92 Å². The number of hydrogen-bond acceptors (Lipinski definition) is 5. The van der Waals surface area contributed by atoms with Crippen molar-refractivity contribution in [1.82, 2.24) is 19.1 Å². The summed E-state index contributed by atoms with van der Waals surface area (Å²) in [6.07, 6.45) is 5.29. The molecule has 1 saturated heterocycles. The second kappa shape index (κ2) is 6.26. The monoisotopic (exact) mass is 382 g/mol. The van der Waals surface area contributed by atoms with Gasteiger partial charge in [0.05, 0.1) is 16.0 Å². The fourth-order valence-corrected chi connectivity index (χ4v) is 5.41. The van der Waals surface area contributed by atoms with E-state index in [-0.39, 0.29) is 17.0 Å². The summed E-state index contributed by atoms with van der Waals surface area (Å²) in [5.74, 6) is 0.609. The van der Waals surface area contributed by atoms with E-state index in [9.17, 15) is 8.42 Å². The Morgan fingerprint density at radius 1 is 1.28 bits per heavy atom. The summed E-state index contributed by atoms with van der Waals surface area (Å²) in [7, 11) is -3.57. The van der Waals surface area contributed by atoms with Crippen molar-refractivity contribution in [3.8, 4) is 5.75 Å². The summed E-state index contributed by atoms with van der Waals surface area (Å²) < 4.78 is 35.0. The lowest BCUT2D eigenvalue weighted by Gasteiger charge is -2.31. The van der Waals surface area contributed by atoms with Crippen LogP contribution in [0.4, 0.5) is 0 Å². The second-order valence-corrected chi connectivity index (χ2v) is 8.88. The van der Waals surface area contributed by atoms with Crippen molar-refractivity contribution in [2.75, 3.05) is 13.1 Å². The zero-order valence-electron chi connectivity index (χ0n) is 13.8. The minimum absolute atomic E-state index is 0.0175. The summed E-state index contributed by atoms with van der Waals surface area (Å²) in [6, 6.07) is 3.38. The average molecular weight is 383 g/mol. The first kappa shape index (κ1) is 16.8. The highest BCUT2D eigenvalue weighted by atomic mass is 35.5. The molecule has 1 atom stereocenters. The lowest BCUT2D eigenvalue weighted by atomic mass is 10.1. The van der Waals surface area contributed by atoms with Gasteiger partial charge < -0.3 is 4.74 Å². The van der Waals surface area contributed by atoms with Gasteiger partial charge in [0.15, 0.2) is 0 Å². The molecule has 25 heavy (non-hydrogen) atoms. The van der Waals surface area contributed by atoms with Gasteiger partial charge in [0.25, 0.3) is 0 Å². The molecule has 0 N–H and O–H groups in total. The molecule has 0 saturated carbocycles. The SMILES string of the molecule is CC1Cc2cc(S(=O)(=O)N3CCC(n4cncn4)CC3)cc(Cl)c2O1. The molecule has 0 amide bonds. The van der Waals surface area contributed by atoms with Crippen LogP contribution in [0, 0.1) is 0 Å². The Hall–Kier alpha value is -1.64. The quantitative estimate of drug-likeness (QED) is 0.813. The predicted octanol–water partition coefficient (Wildman–Crippen LogP) is 2.28. The molecule has 9 heteroatoms. The third-order valence-corrected chi connectivity index (χ3v) is 6.95. The maximum atomic E-state index is 13.0. The zero-order chi connectivity index (χ0) is 17.6. The molecule has 134 valence electrons. The number of sulfonamides is 1. The molecule has 2 aliphatic heterocycles. The first-order valence-corrected chi connectivity index (χ1v) is 10.1. The van der Waals surface area contributed by atoms with Crippen LogP contribution in [0.5, 0.6) is 5.75 Å². The maximum absolute atomic E-state index is 13.0. The number of halogens is 1. The van der Waals surface area contributed by atoms with Gasteiger partial charge in [-0.05, 0) is 31.9 Å². The molecule has 0 bridgehead atoms. The van der Waals surface area contributed by atoms with Gasteiger partial charge in [0.2, 0.25) is 10.0 Å². The smallest absolute Gasteiger partial charge is 0.243 e. The molecule has 1 aromatic heterocycles. The maximum Gasteiger partial charge on any atom is 0.243 e. The molecule has 1 unspecified atom stereocenters. The van der Waals surface area contributed by atoms with E-state index in [4.69, 9.17) is 16.3 Å². The van der Waals surface area contributed by atoms with Crippen molar-refractivity contribution in [2.24, 2.45) is 0 Å². The van der Waals surface area contributed by atoms with Crippen LogP contribution in [0.3, 0.4) is 0 Å². The molecule has 0 aliphatic carbocycles. The van der Waals surface area contributed by atoms with E-state index in [0.29, 0.717) is 43.1 Å². The zero-order valence-corrected chi connectivity index (χ0v) is 15.4. The average Bonchev–Trinajstić information content (AvgIpc) is 3.24. The molecule has 0 radical (unpaired) electrons.